The molecule has 0 N–H and O–H groups in total. The van der Waals surface area contributed by atoms with Gasteiger partial charge < -0.3 is 4.74 Å². The van der Waals surface area contributed by atoms with Crippen molar-refractivity contribution in [2.45, 2.75) is 85.0 Å². The van der Waals surface area contributed by atoms with Gasteiger partial charge in [-0.05, 0) is 44.9 Å². The maximum Gasteiger partial charge on any atom is 0.305 e. The lowest BCUT2D eigenvalue weighted by Crippen LogP contribution is -2.03. The summed E-state index contributed by atoms with van der Waals surface area (Å²) >= 11 is 0. The average Bonchev–Trinajstić information content (AvgIpc) is 2.49. The maximum atomic E-state index is 11.1. The molecule has 0 radical (unpaired) electrons. The molecule has 0 saturated carbocycles. The molecule has 0 aliphatic rings. The van der Waals surface area contributed by atoms with E-state index in [1.165, 1.54) is 38.5 Å². The van der Waals surface area contributed by atoms with Crippen molar-refractivity contribution in [2.24, 2.45) is 5.92 Å². The van der Waals surface area contributed by atoms with Crippen LogP contribution >= 0.6 is 0 Å². The summed E-state index contributed by atoms with van der Waals surface area (Å²) in [6.45, 7) is 6.87. The third-order valence-corrected chi connectivity index (χ3v) is 3.70. The zero-order valence-corrected chi connectivity index (χ0v) is 15.0. The maximum absolute atomic E-state index is 11.1. The van der Waals surface area contributed by atoms with E-state index in [-0.39, 0.29) is 5.97 Å². The number of carbonyl (C=O) groups excluding carboxylic acids is 1. The first-order chi connectivity index (χ1) is 10.7. The van der Waals surface area contributed by atoms with Crippen LogP contribution in [0.3, 0.4) is 0 Å². The molecular weight excluding hydrogens is 272 g/mol. The van der Waals surface area contributed by atoms with Crippen LogP contribution in [0.4, 0.5) is 0 Å². The topological polar surface area (TPSA) is 26.3 Å². The fourth-order valence-corrected chi connectivity index (χ4v) is 2.45. The highest BCUT2D eigenvalue weighted by Gasteiger charge is 2.00. The molecule has 0 spiro atoms. The van der Waals surface area contributed by atoms with Gasteiger partial charge in [0.1, 0.15) is 0 Å². The summed E-state index contributed by atoms with van der Waals surface area (Å²) in [5.74, 6) is 0.666. The Balaban J connectivity index is 3.32. The molecule has 22 heavy (non-hydrogen) atoms. The minimum atomic E-state index is -0.0493. The Morgan fingerprint density at radius 2 is 1.73 bits per heavy atom. The van der Waals surface area contributed by atoms with E-state index in [4.69, 9.17) is 4.74 Å². The Morgan fingerprint density at radius 3 is 2.45 bits per heavy atom. The highest BCUT2D eigenvalue weighted by atomic mass is 16.5. The van der Waals surface area contributed by atoms with Gasteiger partial charge in [0.2, 0.25) is 0 Å². The van der Waals surface area contributed by atoms with Gasteiger partial charge >= 0.3 is 5.97 Å². The number of hydrogen-bond acceptors (Lipinski definition) is 2. The number of allylic oxidation sites excluding steroid dienone is 4. The van der Waals surface area contributed by atoms with Gasteiger partial charge in [0.25, 0.3) is 0 Å². The first kappa shape index (κ1) is 20.9. The summed E-state index contributed by atoms with van der Waals surface area (Å²) < 4.78 is 4.91. The van der Waals surface area contributed by atoms with Crippen LogP contribution < -0.4 is 0 Å². The Morgan fingerprint density at radius 1 is 1.00 bits per heavy atom. The summed E-state index contributed by atoms with van der Waals surface area (Å²) in [7, 11) is 0. The van der Waals surface area contributed by atoms with Gasteiger partial charge in [0.15, 0.2) is 0 Å². The third kappa shape index (κ3) is 15.3. The normalized spacial score (nSPS) is 13.0. The van der Waals surface area contributed by atoms with Crippen molar-refractivity contribution in [3.05, 3.63) is 24.3 Å². The van der Waals surface area contributed by atoms with Crippen molar-refractivity contribution in [3.63, 3.8) is 0 Å². The van der Waals surface area contributed by atoms with Gasteiger partial charge in [-0.2, -0.15) is 0 Å². The molecule has 128 valence electrons. The molecule has 2 heteroatoms. The summed E-state index contributed by atoms with van der Waals surface area (Å²) in [6, 6.07) is 0. The van der Waals surface area contributed by atoms with Crippen molar-refractivity contribution in [2.75, 3.05) is 6.61 Å². The van der Waals surface area contributed by atoms with E-state index in [0.717, 1.165) is 19.3 Å². The van der Waals surface area contributed by atoms with Crippen LogP contribution in [0.25, 0.3) is 0 Å². The predicted molar refractivity (Wildman–Crippen MR) is 95.9 cm³/mol. The largest absolute Gasteiger partial charge is 0.466 e. The molecule has 0 heterocycles. The first-order valence-electron chi connectivity index (χ1n) is 9.18. The Bertz CT molecular complexity index is 305. The van der Waals surface area contributed by atoms with E-state index in [2.05, 4.69) is 38.2 Å². The van der Waals surface area contributed by atoms with Gasteiger partial charge in [-0.25, -0.2) is 0 Å². The van der Waals surface area contributed by atoms with Crippen molar-refractivity contribution in [3.8, 4) is 0 Å². The number of carbonyl (C=O) groups is 1. The number of unbranched alkanes of at least 4 members (excludes halogenated alkanes) is 5. The van der Waals surface area contributed by atoms with Crippen LogP contribution in [0.5, 0.6) is 0 Å². The molecular formula is C20H36O2. The van der Waals surface area contributed by atoms with Gasteiger partial charge in [-0.3, -0.25) is 4.79 Å². The molecule has 0 bridgehead atoms. The second-order valence-corrected chi connectivity index (χ2v) is 6.01. The SMILES string of the molecule is CCCC(C)/C=C\C/C=C/CCCCCCCC(=O)OCC. The Labute approximate surface area is 138 Å². The minimum absolute atomic E-state index is 0.0493. The summed E-state index contributed by atoms with van der Waals surface area (Å²) in [5, 5.41) is 0. The molecule has 0 saturated heterocycles. The smallest absolute Gasteiger partial charge is 0.305 e. The van der Waals surface area contributed by atoms with Crippen LogP contribution in [0.2, 0.25) is 0 Å². The summed E-state index contributed by atoms with van der Waals surface area (Å²) in [6.07, 6.45) is 20.4. The summed E-state index contributed by atoms with van der Waals surface area (Å²) in [5.41, 5.74) is 0. The molecule has 0 aromatic heterocycles. The van der Waals surface area contributed by atoms with E-state index in [9.17, 15) is 4.79 Å². The Kier molecular flexibility index (Phi) is 15.5. The van der Waals surface area contributed by atoms with Crippen molar-refractivity contribution in [1.29, 1.82) is 0 Å². The van der Waals surface area contributed by atoms with Crippen molar-refractivity contribution >= 4 is 5.97 Å². The highest BCUT2D eigenvalue weighted by Crippen LogP contribution is 2.09. The number of hydrogen-bond donors (Lipinski definition) is 0. The molecule has 0 fully saturated rings. The third-order valence-electron chi connectivity index (χ3n) is 3.70. The molecule has 0 aliphatic heterocycles. The fourth-order valence-electron chi connectivity index (χ4n) is 2.45. The number of esters is 1. The standard InChI is InChI=1S/C20H36O2/c1-4-16-19(3)17-14-12-10-8-6-7-9-11-13-15-18-20(21)22-5-2/h8,10,14,17,19H,4-7,9,11-13,15-16,18H2,1-3H3/b10-8+,17-14-. The fraction of sp³-hybridized carbons (Fsp3) is 0.750. The van der Waals surface area contributed by atoms with Crippen LogP contribution in [0.15, 0.2) is 24.3 Å². The van der Waals surface area contributed by atoms with Gasteiger partial charge in [-0.15, -0.1) is 0 Å². The van der Waals surface area contributed by atoms with Gasteiger partial charge in [0.05, 0.1) is 6.61 Å². The molecule has 0 amide bonds. The quantitative estimate of drug-likeness (QED) is 0.216. The number of ether oxygens (including phenoxy) is 1. The van der Waals surface area contributed by atoms with Crippen LogP contribution in [0.1, 0.15) is 85.0 Å². The van der Waals surface area contributed by atoms with Gasteiger partial charge in [-0.1, -0.05) is 63.8 Å². The second kappa shape index (κ2) is 16.3. The zero-order chi connectivity index (χ0) is 16.5. The second-order valence-electron chi connectivity index (χ2n) is 6.01. The lowest BCUT2D eigenvalue weighted by atomic mass is 10.1. The zero-order valence-electron chi connectivity index (χ0n) is 15.0. The molecule has 0 aromatic rings. The molecule has 1 atom stereocenters. The molecule has 0 rings (SSSR count). The molecule has 1 unspecified atom stereocenters. The van der Waals surface area contributed by atoms with Crippen molar-refractivity contribution in [1.82, 2.24) is 0 Å². The van der Waals surface area contributed by atoms with E-state index >= 15 is 0 Å². The number of rotatable bonds is 14. The van der Waals surface area contributed by atoms with Crippen molar-refractivity contribution < 1.29 is 9.53 Å². The van der Waals surface area contributed by atoms with E-state index in [1.54, 1.807) is 0 Å². The lowest BCUT2D eigenvalue weighted by Gasteiger charge is -2.01. The highest BCUT2D eigenvalue weighted by molar-refractivity contribution is 5.69. The average molecular weight is 309 g/mol. The molecule has 0 aliphatic carbocycles. The minimum Gasteiger partial charge on any atom is -0.466 e. The molecule has 0 aromatic carbocycles. The van der Waals surface area contributed by atoms with Gasteiger partial charge in [0, 0.05) is 6.42 Å². The predicted octanol–water partition coefficient (Wildman–Crippen LogP) is 6.22. The first-order valence-corrected chi connectivity index (χ1v) is 9.18. The van der Waals surface area contributed by atoms with E-state index in [0.29, 0.717) is 18.9 Å². The van der Waals surface area contributed by atoms with Crippen LogP contribution in [0, 0.1) is 5.92 Å². The lowest BCUT2D eigenvalue weighted by molar-refractivity contribution is -0.143. The molecule has 2 nitrogen and oxygen atoms in total. The van der Waals surface area contributed by atoms with Crippen LogP contribution in [-0.2, 0) is 9.53 Å². The van der Waals surface area contributed by atoms with E-state index < -0.39 is 0 Å². The Hall–Kier alpha value is -1.05. The van der Waals surface area contributed by atoms with Crippen LogP contribution in [-0.4, -0.2) is 12.6 Å². The summed E-state index contributed by atoms with van der Waals surface area (Å²) in [4.78, 5) is 11.1. The van der Waals surface area contributed by atoms with E-state index in [1.807, 2.05) is 6.92 Å². The monoisotopic (exact) mass is 308 g/mol.